The lowest BCUT2D eigenvalue weighted by Gasteiger charge is -2.12. The van der Waals surface area contributed by atoms with E-state index in [0.29, 0.717) is 11.6 Å². The van der Waals surface area contributed by atoms with Gasteiger partial charge in [0.25, 0.3) is 0 Å². The van der Waals surface area contributed by atoms with Crippen LogP contribution in [0.25, 0.3) is 10.1 Å². The van der Waals surface area contributed by atoms with Gasteiger partial charge >= 0.3 is 5.97 Å². The van der Waals surface area contributed by atoms with Gasteiger partial charge in [0.1, 0.15) is 12.4 Å². The van der Waals surface area contributed by atoms with Gasteiger partial charge in [-0.3, -0.25) is 9.78 Å². The number of nitrogens with zero attached hydrogens (tertiary/aromatic N) is 1. The largest absolute Gasteiger partial charge is 0.489 e. The molecule has 3 rings (SSSR count). The van der Waals surface area contributed by atoms with E-state index in [4.69, 9.17) is 21.4 Å². The fourth-order valence-electron chi connectivity index (χ4n) is 2.93. The van der Waals surface area contributed by atoms with Crippen LogP contribution in [0, 0.1) is 20.8 Å². The zero-order valence-electron chi connectivity index (χ0n) is 14.2. The Kier molecular flexibility index (Phi) is 4.97. The quantitative estimate of drug-likeness (QED) is 0.675. The Morgan fingerprint density at radius 2 is 2.04 bits per heavy atom. The number of hydrogen-bond donors (Lipinski definition) is 1. The van der Waals surface area contributed by atoms with Gasteiger partial charge in [0.05, 0.1) is 11.4 Å². The van der Waals surface area contributed by atoms with Gasteiger partial charge in [-0.1, -0.05) is 11.6 Å². The van der Waals surface area contributed by atoms with Crippen molar-refractivity contribution in [3.8, 4) is 5.75 Å². The van der Waals surface area contributed by atoms with Crippen LogP contribution in [0.15, 0.2) is 23.6 Å². The van der Waals surface area contributed by atoms with Crippen LogP contribution in [0.4, 0.5) is 0 Å². The number of carboxylic acid groups (broad SMARTS) is 1. The maximum absolute atomic E-state index is 11.0. The Bertz CT molecular complexity index is 942. The summed E-state index contributed by atoms with van der Waals surface area (Å²) in [7, 11) is 0. The second kappa shape index (κ2) is 7.02. The molecule has 0 aliphatic carbocycles. The number of aliphatic carboxylic acids is 1. The minimum atomic E-state index is -0.823. The lowest BCUT2D eigenvalue weighted by atomic mass is 10.1. The summed E-state index contributed by atoms with van der Waals surface area (Å²) in [6.07, 6.45) is 0.0326. The van der Waals surface area contributed by atoms with Gasteiger partial charge in [-0.25, -0.2) is 0 Å². The van der Waals surface area contributed by atoms with Crippen LogP contribution >= 0.6 is 22.9 Å². The monoisotopic (exact) mass is 375 g/mol. The van der Waals surface area contributed by atoms with E-state index in [0.717, 1.165) is 43.9 Å². The van der Waals surface area contributed by atoms with Crippen LogP contribution in [0.2, 0.25) is 5.02 Å². The minimum absolute atomic E-state index is 0.0326. The second-order valence-corrected chi connectivity index (χ2v) is 7.36. The highest BCUT2D eigenvalue weighted by Crippen LogP contribution is 2.33. The predicted octanol–water partition coefficient (Wildman–Crippen LogP) is 5.08. The number of pyridine rings is 1. The average Bonchev–Trinajstić information content (AvgIpc) is 2.88. The third-order valence-electron chi connectivity index (χ3n) is 4.05. The van der Waals surface area contributed by atoms with Gasteiger partial charge in [-0.05, 0) is 60.9 Å². The smallest absolute Gasteiger partial charge is 0.307 e. The lowest BCUT2D eigenvalue weighted by Crippen LogP contribution is -2.02. The van der Waals surface area contributed by atoms with E-state index in [-0.39, 0.29) is 6.42 Å². The molecule has 0 fully saturated rings. The highest BCUT2D eigenvalue weighted by molar-refractivity contribution is 7.17. The molecular weight excluding hydrogens is 358 g/mol. The van der Waals surface area contributed by atoms with E-state index in [1.54, 1.807) is 0 Å². The van der Waals surface area contributed by atoms with Crippen LogP contribution in [0.1, 0.15) is 28.1 Å². The Hall–Kier alpha value is -2.11. The van der Waals surface area contributed by atoms with Crippen molar-refractivity contribution in [3.05, 3.63) is 56.7 Å². The highest BCUT2D eigenvalue weighted by Gasteiger charge is 2.13. The molecule has 0 bridgehead atoms. The normalized spacial score (nSPS) is 11.0. The molecule has 25 heavy (non-hydrogen) atoms. The zero-order chi connectivity index (χ0) is 18.1. The van der Waals surface area contributed by atoms with Crippen LogP contribution < -0.4 is 4.74 Å². The first-order valence-corrected chi connectivity index (χ1v) is 9.09. The van der Waals surface area contributed by atoms with Gasteiger partial charge < -0.3 is 9.84 Å². The van der Waals surface area contributed by atoms with Gasteiger partial charge in [-0.15, -0.1) is 11.3 Å². The molecule has 1 N–H and O–H groups in total. The number of halogens is 1. The molecule has 0 saturated heterocycles. The molecule has 130 valence electrons. The van der Waals surface area contributed by atoms with Gasteiger partial charge in [0, 0.05) is 21.7 Å². The van der Waals surface area contributed by atoms with Crippen molar-refractivity contribution < 1.29 is 14.6 Å². The lowest BCUT2D eigenvalue weighted by molar-refractivity contribution is -0.136. The Morgan fingerprint density at radius 1 is 1.28 bits per heavy atom. The fraction of sp³-hybridized carbons (Fsp3) is 0.263. The number of carbonyl (C=O) groups is 1. The van der Waals surface area contributed by atoms with Gasteiger partial charge in [0.2, 0.25) is 0 Å². The number of ether oxygens (including phenoxy) is 1. The number of carboxylic acids is 1. The maximum Gasteiger partial charge on any atom is 0.307 e. The standard InChI is InChI=1S/C19H18ClNO3S/c1-10-4-14(7-17-19(10)13(9-25-17)6-18(22)23)24-8-15-12(3)21-11(2)5-16(15)20/h4-5,7,9H,6,8H2,1-3H3,(H,22,23). The number of aromatic nitrogens is 1. The molecule has 0 amide bonds. The number of thiophene rings is 1. The number of benzene rings is 1. The molecule has 0 aliphatic heterocycles. The first-order valence-electron chi connectivity index (χ1n) is 7.83. The SMILES string of the molecule is Cc1cc(Cl)c(COc2cc(C)c3c(CC(=O)O)csc3c2)c(C)n1. The molecule has 0 aliphatic rings. The van der Waals surface area contributed by atoms with Crippen molar-refractivity contribution >= 4 is 39.0 Å². The third-order valence-corrected chi connectivity index (χ3v) is 5.37. The van der Waals surface area contributed by atoms with Crippen molar-refractivity contribution in [2.24, 2.45) is 0 Å². The summed E-state index contributed by atoms with van der Waals surface area (Å²) in [5.74, 6) is -0.0822. The molecule has 2 aromatic heterocycles. The van der Waals surface area contributed by atoms with Crippen LogP contribution in [-0.4, -0.2) is 16.1 Å². The summed E-state index contributed by atoms with van der Waals surface area (Å²) in [5.41, 5.74) is 4.48. The molecule has 1 aromatic carbocycles. The molecule has 2 heterocycles. The fourth-order valence-corrected chi connectivity index (χ4v) is 4.35. The van der Waals surface area contributed by atoms with E-state index >= 15 is 0 Å². The van der Waals surface area contributed by atoms with Crippen LogP contribution in [0.3, 0.4) is 0 Å². The number of aryl methyl sites for hydroxylation is 3. The van der Waals surface area contributed by atoms with E-state index < -0.39 is 5.97 Å². The molecule has 0 unspecified atom stereocenters. The summed E-state index contributed by atoms with van der Waals surface area (Å²) in [5, 5.41) is 12.6. The predicted molar refractivity (Wildman–Crippen MR) is 101 cm³/mol. The summed E-state index contributed by atoms with van der Waals surface area (Å²) >= 11 is 7.84. The summed E-state index contributed by atoms with van der Waals surface area (Å²) in [4.78, 5) is 15.4. The zero-order valence-corrected chi connectivity index (χ0v) is 15.8. The number of hydrogen-bond acceptors (Lipinski definition) is 4. The second-order valence-electron chi connectivity index (χ2n) is 6.04. The van der Waals surface area contributed by atoms with Crippen molar-refractivity contribution in [1.29, 1.82) is 0 Å². The van der Waals surface area contributed by atoms with E-state index in [9.17, 15) is 4.79 Å². The van der Waals surface area contributed by atoms with Crippen molar-refractivity contribution in [3.63, 3.8) is 0 Å². The number of rotatable bonds is 5. The van der Waals surface area contributed by atoms with Crippen LogP contribution in [0.5, 0.6) is 5.75 Å². The molecular formula is C19H18ClNO3S. The molecule has 0 spiro atoms. The van der Waals surface area contributed by atoms with E-state index in [2.05, 4.69) is 4.98 Å². The topological polar surface area (TPSA) is 59.4 Å². The number of fused-ring (bicyclic) bond motifs is 1. The van der Waals surface area contributed by atoms with E-state index in [1.807, 2.05) is 44.4 Å². The summed E-state index contributed by atoms with van der Waals surface area (Å²) < 4.78 is 6.96. The molecule has 3 aromatic rings. The first-order chi connectivity index (χ1) is 11.8. The van der Waals surface area contributed by atoms with Crippen molar-refractivity contribution in [2.75, 3.05) is 0 Å². The van der Waals surface area contributed by atoms with Gasteiger partial charge in [0.15, 0.2) is 0 Å². The third kappa shape index (κ3) is 3.78. The molecule has 6 heteroatoms. The Balaban J connectivity index is 1.87. The van der Waals surface area contributed by atoms with Crippen LogP contribution in [-0.2, 0) is 17.8 Å². The minimum Gasteiger partial charge on any atom is -0.489 e. The molecule has 4 nitrogen and oxygen atoms in total. The maximum atomic E-state index is 11.0. The van der Waals surface area contributed by atoms with Crippen molar-refractivity contribution in [2.45, 2.75) is 33.8 Å². The van der Waals surface area contributed by atoms with E-state index in [1.165, 1.54) is 11.3 Å². The average molecular weight is 376 g/mol. The molecule has 0 saturated carbocycles. The first kappa shape index (κ1) is 17.7. The molecule has 0 radical (unpaired) electrons. The summed E-state index contributed by atoms with van der Waals surface area (Å²) in [6.45, 7) is 6.14. The summed E-state index contributed by atoms with van der Waals surface area (Å²) in [6, 6.07) is 5.72. The molecule has 0 atom stereocenters. The Labute approximate surface area is 155 Å². The Morgan fingerprint density at radius 3 is 2.72 bits per heavy atom. The van der Waals surface area contributed by atoms with Crippen molar-refractivity contribution in [1.82, 2.24) is 4.98 Å². The van der Waals surface area contributed by atoms with Gasteiger partial charge in [-0.2, -0.15) is 0 Å². The highest BCUT2D eigenvalue weighted by atomic mass is 35.5.